The van der Waals surface area contributed by atoms with E-state index in [4.69, 9.17) is 4.74 Å². The van der Waals surface area contributed by atoms with Crippen molar-refractivity contribution in [1.29, 1.82) is 0 Å². The topological polar surface area (TPSA) is 125 Å². The van der Waals surface area contributed by atoms with Crippen LogP contribution >= 0.6 is 0 Å². The van der Waals surface area contributed by atoms with Crippen molar-refractivity contribution in [3.8, 4) is 0 Å². The van der Waals surface area contributed by atoms with Gasteiger partial charge in [0.25, 0.3) is 5.69 Å². The highest BCUT2D eigenvalue weighted by Crippen LogP contribution is 2.35. The number of nitro benzene ring substituents is 1. The standard InChI is InChI=1S/C19H24N6O4/c1-3-4-5-6-7-12-29-18(26)16-13(2)20-19-21-22-23-24(19)17(16)14-8-10-15(11-9-14)25(27)28/h8-11,17H,3-7,12H2,1-2H3,(H,20,21,23)/t17-/m1/s1. The van der Waals surface area contributed by atoms with E-state index >= 15 is 0 Å². The molecule has 0 radical (unpaired) electrons. The molecule has 154 valence electrons. The summed E-state index contributed by atoms with van der Waals surface area (Å²) in [7, 11) is 0. The maximum atomic E-state index is 12.9. The Kier molecular flexibility index (Phi) is 6.53. The van der Waals surface area contributed by atoms with Gasteiger partial charge in [-0.2, -0.15) is 4.68 Å². The molecule has 0 bridgehead atoms. The number of carbonyl (C=O) groups is 1. The van der Waals surface area contributed by atoms with Gasteiger partial charge in [0.15, 0.2) is 0 Å². The number of benzene rings is 1. The molecule has 1 aliphatic rings. The first-order chi connectivity index (χ1) is 14.0. The molecular weight excluding hydrogens is 376 g/mol. The van der Waals surface area contributed by atoms with Crippen molar-refractivity contribution >= 4 is 17.6 Å². The Balaban J connectivity index is 1.81. The first kappa shape index (κ1) is 20.4. The number of esters is 1. The minimum Gasteiger partial charge on any atom is -0.462 e. The SMILES string of the molecule is CCCCCCCOC(=O)C1=C(C)Nc2nnnn2[C@@H]1c1ccc([N+](=O)[O-])cc1. The smallest absolute Gasteiger partial charge is 0.338 e. The number of tetrazole rings is 1. The van der Waals surface area contributed by atoms with Crippen LogP contribution < -0.4 is 5.32 Å². The number of ether oxygens (including phenoxy) is 1. The second-order valence-corrected chi connectivity index (χ2v) is 6.91. The lowest BCUT2D eigenvalue weighted by molar-refractivity contribution is -0.384. The third-order valence-corrected chi connectivity index (χ3v) is 4.83. The van der Waals surface area contributed by atoms with Crippen LogP contribution in [0.5, 0.6) is 0 Å². The number of aromatic nitrogens is 4. The number of hydrogen-bond acceptors (Lipinski definition) is 8. The Morgan fingerprint density at radius 1 is 1.24 bits per heavy atom. The van der Waals surface area contributed by atoms with Crippen LogP contribution in [0.2, 0.25) is 0 Å². The van der Waals surface area contributed by atoms with Gasteiger partial charge >= 0.3 is 5.97 Å². The molecule has 1 aromatic heterocycles. The van der Waals surface area contributed by atoms with Crippen molar-refractivity contribution in [2.24, 2.45) is 0 Å². The fourth-order valence-electron chi connectivity index (χ4n) is 3.31. The fraction of sp³-hybridized carbons (Fsp3) is 0.474. The summed E-state index contributed by atoms with van der Waals surface area (Å²) in [6.45, 7) is 4.25. The van der Waals surface area contributed by atoms with Crippen molar-refractivity contribution in [2.45, 2.75) is 52.0 Å². The zero-order chi connectivity index (χ0) is 20.8. The van der Waals surface area contributed by atoms with Gasteiger partial charge in [-0.05, 0) is 41.5 Å². The van der Waals surface area contributed by atoms with Gasteiger partial charge in [-0.3, -0.25) is 10.1 Å². The molecule has 10 heteroatoms. The van der Waals surface area contributed by atoms with Crippen LogP contribution in [0.1, 0.15) is 57.6 Å². The van der Waals surface area contributed by atoms with E-state index in [1.807, 2.05) is 0 Å². The van der Waals surface area contributed by atoms with E-state index in [-0.39, 0.29) is 5.69 Å². The summed E-state index contributed by atoms with van der Waals surface area (Å²) < 4.78 is 6.99. The highest BCUT2D eigenvalue weighted by Gasteiger charge is 2.35. The first-order valence-corrected chi connectivity index (χ1v) is 9.70. The molecule has 0 saturated carbocycles. The van der Waals surface area contributed by atoms with Crippen LogP contribution in [0.25, 0.3) is 0 Å². The third kappa shape index (κ3) is 4.58. The Morgan fingerprint density at radius 3 is 2.66 bits per heavy atom. The van der Waals surface area contributed by atoms with Crippen LogP contribution in [0.4, 0.5) is 11.6 Å². The lowest BCUT2D eigenvalue weighted by Crippen LogP contribution is -2.29. The molecular formula is C19H24N6O4. The molecule has 0 spiro atoms. The predicted molar refractivity (Wildman–Crippen MR) is 105 cm³/mol. The number of nitrogens with one attached hydrogen (secondary N) is 1. The lowest BCUT2D eigenvalue weighted by atomic mass is 9.95. The zero-order valence-electron chi connectivity index (χ0n) is 16.5. The van der Waals surface area contributed by atoms with Crippen molar-refractivity contribution in [1.82, 2.24) is 20.2 Å². The van der Waals surface area contributed by atoms with Gasteiger partial charge in [-0.15, -0.1) is 0 Å². The molecule has 0 saturated heterocycles. The average molecular weight is 400 g/mol. The highest BCUT2D eigenvalue weighted by atomic mass is 16.6. The molecule has 1 aliphatic heterocycles. The van der Waals surface area contributed by atoms with Gasteiger partial charge in [0.2, 0.25) is 5.95 Å². The number of nitro groups is 1. The predicted octanol–water partition coefficient (Wildman–Crippen LogP) is 3.38. The third-order valence-electron chi connectivity index (χ3n) is 4.83. The van der Waals surface area contributed by atoms with Crippen molar-refractivity contribution in [3.05, 3.63) is 51.2 Å². The second kappa shape index (κ2) is 9.26. The van der Waals surface area contributed by atoms with Gasteiger partial charge in [-0.25, -0.2) is 4.79 Å². The lowest BCUT2D eigenvalue weighted by Gasteiger charge is -2.27. The first-order valence-electron chi connectivity index (χ1n) is 9.70. The molecule has 1 aromatic carbocycles. The Labute approximate surface area is 168 Å². The van der Waals surface area contributed by atoms with Crippen LogP contribution in [0.3, 0.4) is 0 Å². The number of hydrogen-bond donors (Lipinski definition) is 1. The molecule has 3 rings (SSSR count). The summed E-state index contributed by atoms with van der Waals surface area (Å²) in [4.78, 5) is 23.4. The van der Waals surface area contributed by atoms with Crippen LogP contribution in [0, 0.1) is 10.1 Å². The number of carbonyl (C=O) groups excluding carboxylic acids is 1. The quantitative estimate of drug-likeness (QED) is 0.294. The molecule has 29 heavy (non-hydrogen) atoms. The molecule has 2 heterocycles. The summed E-state index contributed by atoms with van der Waals surface area (Å²) in [6.07, 6.45) is 5.27. The van der Waals surface area contributed by atoms with Gasteiger partial charge in [0.1, 0.15) is 6.04 Å². The molecule has 0 fully saturated rings. The number of rotatable bonds is 9. The largest absolute Gasteiger partial charge is 0.462 e. The van der Waals surface area contributed by atoms with E-state index in [2.05, 4.69) is 27.8 Å². The van der Waals surface area contributed by atoms with Gasteiger partial charge in [0.05, 0.1) is 17.1 Å². The maximum absolute atomic E-state index is 12.9. The summed E-state index contributed by atoms with van der Waals surface area (Å²) in [5.74, 6) is -0.0584. The number of allylic oxidation sites excluding steroid dienone is 1. The number of non-ortho nitro benzene ring substituents is 1. The van der Waals surface area contributed by atoms with Crippen molar-refractivity contribution < 1.29 is 14.5 Å². The van der Waals surface area contributed by atoms with E-state index in [0.717, 1.165) is 25.7 Å². The monoisotopic (exact) mass is 400 g/mol. The summed E-state index contributed by atoms with van der Waals surface area (Å²) in [5.41, 5.74) is 1.59. The Morgan fingerprint density at radius 2 is 1.97 bits per heavy atom. The molecule has 1 atom stereocenters. The van der Waals surface area contributed by atoms with Crippen LogP contribution in [-0.2, 0) is 9.53 Å². The second-order valence-electron chi connectivity index (χ2n) is 6.91. The number of unbranched alkanes of at least 4 members (excludes halogenated alkanes) is 4. The molecule has 0 unspecified atom stereocenters. The van der Waals surface area contributed by atoms with Crippen molar-refractivity contribution in [2.75, 3.05) is 11.9 Å². The Bertz CT molecular complexity index is 906. The van der Waals surface area contributed by atoms with Gasteiger partial charge in [0, 0.05) is 17.8 Å². The molecule has 0 aliphatic carbocycles. The molecule has 2 aromatic rings. The number of fused-ring (bicyclic) bond motifs is 1. The van der Waals surface area contributed by atoms with Crippen molar-refractivity contribution in [3.63, 3.8) is 0 Å². The maximum Gasteiger partial charge on any atom is 0.338 e. The minimum atomic E-state index is -0.630. The molecule has 1 N–H and O–H groups in total. The summed E-state index contributed by atoms with van der Waals surface area (Å²) >= 11 is 0. The number of anilines is 1. The van der Waals surface area contributed by atoms with Gasteiger partial charge in [-0.1, -0.05) is 37.7 Å². The zero-order valence-corrected chi connectivity index (χ0v) is 16.5. The van der Waals surface area contributed by atoms with E-state index in [9.17, 15) is 14.9 Å². The minimum absolute atomic E-state index is 0.0310. The van der Waals surface area contributed by atoms with Crippen LogP contribution in [0.15, 0.2) is 35.5 Å². The number of nitrogens with zero attached hydrogens (tertiary/aromatic N) is 5. The van der Waals surface area contributed by atoms with Gasteiger partial charge < -0.3 is 10.1 Å². The molecule has 10 nitrogen and oxygen atoms in total. The summed E-state index contributed by atoms with van der Waals surface area (Å²) in [6, 6.07) is 5.37. The van der Waals surface area contributed by atoms with E-state index in [0.29, 0.717) is 29.4 Å². The van der Waals surface area contributed by atoms with E-state index in [1.165, 1.54) is 23.2 Å². The Hall–Kier alpha value is -3.30. The normalized spacial score (nSPS) is 15.6. The molecule has 0 amide bonds. The van der Waals surface area contributed by atoms with E-state index in [1.54, 1.807) is 19.1 Å². The highest BCUT2D eigenvalue weighted by molar-refractivity contribution is 5.92. The fourth-order valence-corrected chi connectivity index (χ4v) is 3.31. The summed E-state index contributed by atoms with van der Waals surface area (Å²) in [5, 5.41) is 25.6. The average Bonchev–Trinajstić information content (AvgIpc) is 3.17. The van der Waals surface area contributed by atoms with E-state index < -0.39 is 16.9 Å². The van der Waals surface area contributed by atoms with Crippen LogP contribution in [-0.4, -0.2) is 37.7 Å².